The summed E-state index contributed by atoms with van der Waals surface area (Å²) >= 11 is 3.48. The summed E-state index contributed by atoms with van der Waals surface area (Å²) in [5.41, 5.74) is 1.72. The molecule has 1 aromatic carbocycles. The zero-order valence-electron chi connectivity index (χ0n) is 13.4. The molecule has 1 N–H and O–H groups in total. The summed E-state index contributed by atoms with van der Waals surface area (Å²) in [6.07, 6.45) is 0. The molecule has 0 spiro atoms. The largest absolute Gasteiger partial charge is 0.310 e. The van der Waals surface area contributed by atoms with Crippen molar-refractivity contribution in [3.63, 3.8) is 0 Å². The number of hydrogen-bond donors (Lipinski definition) is 1. The first kappa shape index (κ1) is 18.6. The molecule has 0 aliphatic carbocycles. The van der Waals surface area contributed by atoms with Crippen molar-refractivity contribution in [3.8, 4) is 0 Å². The van der Waals surface area contributed by atoms with E-state index in [-0.39, 0.29) is 0 Å². The molecule has 0 fully saturated rings. The molecule has 0 aliphatic heterocycles. The highest BCUT2D eigenvalue weighted by atomic mass is 79.9. The summed E-state index contributed by atoms with van der Waals surface area (Å²) in [6, 6.07) is 4.11. The fraction of sp³-hybridized carbons (Fsp3) is 0.600. The van der Waals surface area contributed by atoms with Gasteiger partial charge in [0.25, 0.3) is 0 Å². The molecule has 0 saturated carbocycles. The second kappa shape index (κ2) is 7.72. The molecule has 0 heterocycles. The van der Waals surface area contributed by atoms with Crippen LogP contribution in [0.3, 0.4) is 0 Å². The SMILES string of the molecule is CCN(CC)S(=O)(=O)c1cc(CNC(C)C)cc(Br)c1C. The Morgan fingerprint density at radius 1 is 1.24 bits per heavy atom. The summed E-state index contributed by atoms with van der Waals surface area (Å²) in [4.78, 5) is 0.390. The monoisotopic (exact) mass is 376 g/mol. The highest BCUT2D eigenvalue weighted by molar-refractivity contribution is 9.10. The van der Waals surface area contributed by atoms with E-state index in [9.17, 15) is 8.42 Å². The van der Waals surface area contributed by atoms with E-state index in [1.165, 1.54) is 4.31 Å². The zero-order chi connectivity index (χ0) is 16.2. The maximum atomic E-state index is 12.7. The van der Waals surface area contributed by atoms with Crippen molar-refractivity contribution in [2.24, 2.45) is 0 Å². The van der Waals surface area contributed by atoms with Crippen LogP contribution >= 0.6 is 15.9 Å². The minimum atomic E-state index is -3.44. The first-order valence-electron chi connectivity index (χ1n) is 7.26. The number of halogens is 1. The Labute approximate surface area is 137 Å². The maximum absolute atomic E-state index is 12.7. The Balaban J connectivity index is 3.28. The Bertz CT molecular complexity index is 582. The van der Waals surface area contributed by atoms with Crippen LogP contribution in [0.5, 0.6) is 0 Å². The van der Waals surface area contributed by atoms with E-state index < -0.39 is 10.0 Å². The molecule has 1 aromatic rings. The second-order valence-electron chi connectivity index (χ2n) is 5.33. The van der Waals surface area contributed by atoms with Gasteiger partial charge in [0.2, 0.25) is 10.0 Å². The van der Waals surface area contributed by atoms with E-state index >= 15 is 0 Å². The molecule has 0 atom stereocenters. The predicted molar refractivity (Wildman–Crippen MR) is 91.0 cm³/mol. The third-order valence-corrected chi connectivity index (χ3v) is 6.39. The van der Waals surface area contributed by atoms with Gasteiger partial charge in [-0.1, -0.05) is 43.6 Å². The van der Waals surface area contributed by atoms with Gasteiger partial charge in [-0.2, -0.15) is 4.31 Å². The van der Waals surface area contributed by atoms with Gasteiger partial charge in [-0.3, -0.25) is 0 Å². The topological polar surface area (TPSA) is 49.4 Å². The lowest BCUT2D eigenvalue weighted by molar-refractivity contribution is 0.444. The van der Waals surface area contributed by atoms with E-state index in [1.807, 2.05) is 26.8 Å². The van der Waals surface area contributed by atoms with E-state index in [0.29, 0.717) is 30.6 Å². The summed E-state index contributed by atoms with van der Waals surface area (Å²) in [5, 5.41) is 3.32. The van der Waals surface area contributed by atoms with Gasteiger partial charge in [0.1, 0.15) is 0 Å². The van der Waals surface area contributed by atoms with Crippen LogP contribution in [0.1, 0.15) is 38.8 Å². The fourth-order valence-corrected chi connectivity index (χ4v) is 4.50. The quantitative estimate of drug-likeness (QED) is 0.793. The number of sulfonamides is 1. The molecular weight excluding hydrogens is 352 g/mol. The summed E-state index contributed by atoms with van der Waals surface area (Å²) < 4.78 is 27.8. The van der Waals surface area contributed by atoms with Crippen LogP contribution in [0.25, 0.3) is 0 Å². The minimum absolute atomic E-state index is 0.355. The van der Waals surface area contributed by atoms with Crippen molar-refractivity contribution in [2.45, 2.75) is 52.1 Å². The number of nitrogens with zero attached hydrogens (tertiary/aromatic N) is 1. The fourth-order valence-electron chi connectivity index (χ4n) is 2.10. The van der Waals surface area contributed by atoms with Gasteiger partial charge in [0, 0.05) is 30.1 Å². The van der Waals surface area contributed by atoms with Crippen LogP contribution in [0.2, 0.25) is 0 Å². The van der Waals surface area contributed by atoms with Crippen molar-refractivity contribution in [3.05, 3.63) is 27.7 Å². The Hall–Kier alpha value is -0.430. The number of benzene rings is 1. The van der Waals surface area contributed by atoms with Crippen LogP contribution < -0.4 is 5.32 Å². The molecule has 21 heavy (non-hydrogen) atoms. The standard InChI is InChI=1S/C15H25BrN2O2S/c1-6-18(7-2)21(19,20)15-9-13(10-17-11(3)4)8-14(16)12(15)5/h8-9,11,17H,6-7,10H2,1-5H3. The zero-order valence-corrected chi connectivity index (χ0v) is 15.8. The van der Waals surface area contributed by atoms with Gasteiger partial charge in [0.05, 0.1) is 4.90 Å². The predicted octanol–water partition coefficient (Wildman–Crippen LogP) is 3.29. The second-order valence-corrected chi connectivity index (χ2v) is 8.09. The average Bonchev–Trinajstić information content (AvgIpc) is 2.40. The summed E-state index contributed by atoms with van der Waals surface area (Å²) in [5.74, 6) is 0. The van der Waals surface area contributed by atoms with Gasteiger partial charge >= 0.3 is 0 Å². The first-order chi connectivity index (χ1) is 9.73. The summed E-state index contributed by atoms with van der Waals surface area (Å²) in [6.45, 7) is 11.3. The Morgan fingerprint density at radius 2 is 1.81 bits per heavy atom. The van der Waals surface area contributed by atoms with Gasteiger partial charge in [0.15, 0.2) is 0 Å². The van der Waals surface area contributed by atoms with Crippen LogP contribution in [0, 0.1) is 6.92 Å². The normalized spacial score (nSPS) is 12.4. The molecule has 0 unspecified atom stereocenters. The van der Waals surface area contributed by atoms with Crippen molar-refractivity contribution in [1.82, 2.24) is 9.62 Å². The highest BCUT2D eigenvalue weighted by Crippen LogP contribution is 2.28. The van der Waals surface area contributed by atoms with Crippen molar-refractivity contribution >= 4 is 26.0 Å². The van der Waals surface area contributed by atoms with Crippen LogP contribution in [0.4, 0.5) is 0 Å². The molecule has 1 rings (SSSR count). The number of rotatable bonds is 7. The third kappa shape index (κ3) is 4.52. The molecule has 4 nitrogen and oxygen atoms in total. The lowest BCUT2D eigenvalue weighted by atomic mass is 10.1. The Morgan fingerprint density at radius 3 is 2.29 bits per heavy atom. The molecule has 0 saturated heterocycles. The average molecular weight is 377 g/mol. The van der Waals surface area contributed by atoms with Gasteiger partial charge in [-0.25, -0.2) is 8.42 Å². The minimum Gasteiger partial charge on any atom is -0.310 e. The van der Waals surface area contributed by atoms with E-state index in [4.69, 9.17) is 0 Å². The number of nitrogens with one attached hydrogen (secondary N) is 1. The molecule has 0 aromatic heterocycles. The maximum Gasteiger partial charge on any atom is 0.243 e. The van der Waals surface area contributed by atoms with Crippen LogP contribution in [-0.4, -0.2) is 31.9 Å². The van der Waals surface area contributed by atoms with Gasteiger partial charge in [-0.15, -0.1) is 0 Å². The lowest BCUT2D eigenvalue weighted by Crippen LogP contribution is -2.31. The molecule has 0 radical (unpaired) electrons. The molecule has 120 valence electrons. The Kier molecular flexibility index (Phi) is 6.84. The van der Waals surface area contributed by atoms with Crippen LogP contribution in [-0.2, 0) is 16.6 Å². The summed E-state index contributed by atoms with van der Waals surface area (Å²) in [7, 11) is -3.44. The van der Waals surface area contributed by atoms with E-state index in [2.05, 4.69) is 35.1 Å². The molecule has 6 heteroatoms. The van der Waals surface area contributed by atoms with Crippen molar-refractivity contribution in [1.29, 1.82) is 0 Å². The van der Waals surface area contributed by atoms with Crippen LogP contribution in [0.15, 0.2) is 21.5 Å². The molecule has 0 aliphatic rings. The van der Waals surface area contributed by atoms with E-state index in [1.54, 1.807) is 6.07 Å². The van der Waals surface area contributed by atoms with Gasteiger partial charge < -0.3 is 5.32 Å². The molecule has 0 bridgehead atoms. The van der Waals surface area contributed by atoms with Crippen molar-refractivity contribution in [2.75, 3.05) is 13.1 Å². The van der Waals surface area contributed by atoms with Gasteiger partial charge in [-0.05, 0) is 30.2 Å². The lowest BCUT2D eigenvalue weighted by Gasteiger charge is -2.21. The highest BCUT2D eigenvalue weighted by Gasteiger charge is 2.25. The smallest absolute Gasteiger partial charge is 0.243 e. The number of hydrogen-bond acceptors (Lipinski definition) is 3. The first-order valence-corrected chi connectivity index (χ1v) is 9.49. The van der Waals surface area contributed by atoms with Crippen molar-refractivity contribution < 1.29 is 8.42 Å². The third-order valence-electron chi connectivity index (χ3n) is 3.39. The van der Waals surface area contributed by atoms with E-state index in [0.717, 1.165) is 15.6 Å². The molecular formula is C15H25BrN2O2S. The molecule has 0 amide bonds.